The van der Waals surface area contributed by atoms with E-state index in [9.17, 15) is 13.6 Å². The summed E-state index contributed by atoms with van der Waals surface area (Å²) < 4.78 is 24.7. The zero-order valence-electron chi connectivity index (χ0n) is 10.2. The monoisotopic (exact) mass is 274 g/mol. The molecule has 0 aromatic heterocycles. The molecule has 0 fully saturated rings. The van der Waals surface area contributed by atoms with Crippen LogP contribution in [-0.2, 0) is 0 Å². The van der Waals surface area contributed by atoms with Crippen LogP contribution in [-0.4, -0.2) is 17.8 Å². The molecule has 3 nitrogen and oxygen atoms in total. The minimum Gasteiger partial charge on any atom is -0.335 e. The van der Waals surface area contributed by atoms with Crippen molar-refractivity contribution in [3.8, 4) is 0 Å². The lowest BCUT2D eigenvalue weighted by molar-refractivity contribution is 0.248. The van der Waals surface area contributed by atoms with E-state index in [1.165, 1.54) is 0 Å². The maximum Gasteiger partial charge on any atom is 0.319 e. The summed E-state index contributed by atoms with van der Waals surface area (Å²) in [5, 5.41) is 5.29. The molecule has 0 aliphatic carbocycles. The Morgan fingerprint density at radius 3 is 2.67 bits per heavy atom. The first-order valence-corrected chi connectivity index (χ1v) is 6.52. The van der Waals surface area contributed by atoms with Crippen LogP contribution in [0.1, 0.15) is 20.3 Å². The van der Waals surface area contributed by atoms with Gasteiger partial charge in [0, 0.05) is 10.9 Å². The Hall–Kier alpha value is -1.30. The molecule has 0 saturated heterocycles. The molecule has 6 heteroatoms. The highest BCUT2D eigenvalue weighted by Crippen LogP contribution is 2.31. The molecule has 0 spiro atoms. The van der Waals surface area contributed by atoms with E-state index in [0.29, 0.717) is 22.3 Å². The molecule has 0 unspecified atom stereocenters. The van der Waals surface area contributed by atoms with Crippen LogP contribution in [0.4, 0.5) is 19.3 Å². The number of urea groups is 1. The standard InChI is InChI=1S/C12H16F2N2OS/c1-3-8(2)15-12(17)16-9-6-4-5-7-10(9)18-11(13)14/h4-8,11H,3H2,1-2H3,(H2,15,16,17)/t8-/m1/s1. The van der Waals surface area contributed by atoms with Crippen LogP contribution in [0.3, 0.4) is 0 Å². The van der Waals surface area contributed by atoms with Crippen LogP contribution in [0.15, 0.2) is 29.2 Å². The Morgan fingerprint density at radius 2 is 2.06 bits per heavy atom. The zero-order valence-corrected chi connectivity index (χ0v) is 11.1. The molecule has 0 heterocycles. The van der Waals surface area contributed by atoms with Gasteiger partial charge in [0.25, 0.3) is 5.76 Å². The van der Waals surface area contributed by atoms with Gasteiger partial charge in [0.15, 0.2) is 0 Å². The lowest BCUT2D eigenvalue weighted by atomic mass is 10.3. The average molecular weight is 274 g/mol. The number of anilines is 1. The number of hydrogen-bond donors (Lipinski definition) is 2. The van der Waals surface area contributed by atoms with Crippen molar-refractivity contribution in [1.82, 2.24) is 5.32 Å². The number of carbonyl (C=O) groups is 1. The van der Waals surface area contributed by atoms with E-state index >= 15 is 0 Å². The number of benzene rings is 1. The van der Waals surface area contributed by atoms with Crippen LogP contribution >= 0.6 is 11.8 Å². The first-order valence-electron chi connectivity index (χ1n) is 5.64. The van der Waals surface area contributed by atoms with E-state index in [0.717, 1.165) is 6.42 Å². The van der Waals surface area contributed by atoms with Gasteiger partial charge in [-0.15, -0.1) is 0 Å². The maximum atomic E-state index is 12.3. The SMILES string of the molecule is CC[C@@H](C)NC(=O)Nc1ccccc1SC(F)F. The molecule has 1 rings (SSSR count). The van der Waals surface area contributed by atoms with Gasteiger partial charge >= 0.3 is 6.03 Å². The van der Waals surface area contributed by atoms with E-state index < -0.39 is 5.76 Å². The van der Waals surface area contributed by atoms with Gasteiger partial charge in [0.2, 0.25) is 0 Å². The molecule has 2 N–H and O–H groups in total. The number of para-hydroxylation sites is 1. The van der Waals surface area contributed by atoms with Crippen molar-refractivity contribution in [3.05, 3.63) is 24.3 Å². The highest BCUT2D eigenvalue weighted by Gasteiger charge is 2.12. The quantitative estimate of drug-likeness (QED) is 0.799. The summed E-state index contributed by atoms with van der Waals surface area (Å²) in [5.41, 5.74) is 0.392. The number of amides is 2. The third-order valence-electron chi connectivity index (χ3n) is 2.34. The van der Waals surface area contributed by atoms with Crippen molar-refractivity contribution >= 4 is 23.5 Å². The third-order valence-corrected chi connectivity index (χ3v) is 3.13. The summed E-state index contributed by atoms with van der Waals surface area (Å²) >= 11 is 0.416. The fourth-order valence-corrected chi connectivity index (χ4v) is 1.85. The fraction of sp³-hybridized carbons (Fsp3) is 0.417. The Kier molecular flexibility index (Phi) is 5.91. The smallest absolute Gasteiger partial charge is 0.319 e. The van der Waals surface area contributed by atoms with Crippen molar-refractivity contribution in [2.24, 2.45) is 0 Å². The highest BCUT2D eigenvalue weighted by molar-refractivity contribution is 7.99. The van der Waals surface area contributed by atoms with Gasteiger partial charge in [0.1, 0.15) is 0 Å². The molecular weight excluding hydrogens is 258 g/mol. The summed E-state index contributed by atoms with van der Waals surface area (Å²) in [6.07, 6.45) is 0.806. The van der Waals surface area contributed by atoms with Crippen LogP contribution in [0.2, 0.25) is 0 Å². The molecule has 0 aliphatic heterocycles. The lowest BCUT2D eigenvalue weighted by Gasteiger charge is -2.14. The van der Waals surface area contributed by atoms with Crippen LogP contribution < -0.4 is 10.6 Å². The predicted octanol–water partition coefficient (Wildman–Crippen LogP) is 3.92. The van der Waals surface area contributed by atoms with Gasteiger partial charge in [-0.3, -0.25) is 0 Å². The summed E-state index contributed by atoms with van der Waals surface area (Å²) in [6.45, 7) is 3.82. The van der Waals surface area contributed by atoms with Gasteiger partial charge in [-0.05, 0) is 25.5 Å². The van der Waals surface area contributed by atoms with E-state index in [2.05, 4.69) is 10.6 Å². The molecule has 1 atom stereocenters. The van der Waals surface area contributed by atoms with Gasteiger partial charge < -0.3 is 10.6 Å². The van der Waals surface area contributed by atoms with Crippen molar-refractivity contribution in [2.45, 2.75) is 37.0 Å². The maximum absolute atomic E-state index is 12.3. The zero-order chi connectivity index (χ0) is 13.5. The molecule has 2 amide bonds. The van der Waals surface area contributed by atoms with Crippen LogP contribution in [0.25, 0.3) is 0 Å². The molecule has 0 radical (unpaired) electrons. The first-order chi connectivity index (χ1) is 8.52. The number of halogens is 2. The third kappa shape index (κ3) is 4.91. The molecule has 0 saturated carbocycles. The summed E-state index contributed by atoms with van der Waals surface area (Å²) in [5.74, 6) is -2.51. The number of thioether (sulfide) groups is 1. The summed E-state index contributed by atoms with van der Waals surface area (Å²) in [4.78, 5) is 12.0. The minimum absolute atomic E-state index is 0.0416. The Bertz CT molecular complexity index is 401. The van der Waals surface area contributed by atoms with Crippen LogP contribution in [0.5, 0.6) is 0 Å². The van der Waals surface area contributed by atoms with E-state index in [1.54, 1.807) is 24.3 Å². The van der Waals surface area contributed by atoms with Crippen molar-refractivity contribution in [3.63, 3.8) is 0 Å². The number of nitrogens with one attached hydrogen (secondary N) is 2. The second-order valence-electron chi connectivity index (χ2n) is 3.78. The van der Waals surface area contributed by atoms with Gasteiger partial charge in [-0.2, -0.15) is 8.78 Å². The number of alkyl halides is 2. The van der Waals surface area contributed by atoms with E-state index in [4.69, 9.17) is 0 Å². The molecular formula is C12H16F2N2OS. The van der Waals surface area contributed by atoms with Crippen molar-refractivity contribution in [2.75, 3.05) is 5.32 Å². The number of hydrogen-bond acceptors (Lipinski definition) is 2. The van der Waals surface area contributed by atoms with Gasteiger partial charge in [0.05, 0.1) is 5.69 Å². The molecule has 1 aromatic carbocycles. The normalized spacial score (nSPS) is 12.3. The molecule has 0 aliphatic rings. The molecule has 100 valence electrons. The topological polar surface area (TPSA) is 41.1 Å². The minimum atomic E-state index is -2.51. The van der Waals surface area contributed by atoms with E-state index in [1.807, 2.05) is 13.8 Å². The Labute approximate surface area is 109 Å². The Balaban J connectivity index is 2.68. The predicted molar refractivity (Wildman–Crippen MR) is 70.2 cm³/mol. The van der Waals surface area contributed by atoms with E-state index in [-0.39, 0.29) is 12.1 Å². The Morgan fingerprint density at radius 1 is 1.39 bits per heavy atom. The number of rotatable bonds is 5. The second kappa shape index (κ2) is 7.20. The number of carbonyl (C=O) groups excluding carboxylic acids is 1. The van der Waals surface area contributed by atoms with Gasteiger partial charge in [-0.1, -0.05) is 30.8 Å². The summed E-state index contributed by atoms with van der Waals surface area (Å²) in [7, 11) is 0. The molecule has 0 bridgehead atoms. The van der Waals surface area contributed by atoms with Gasteiger partial charge in [-0.25, -0.2) is 4.79 Å². The fourth-order valence-electron chi connectivity index (χ4n) is 1.25. The summed E-state index contributed by atoms with van der Waals surface area (Å²) in [6, 6.07) is 6.15. The highest BCUT2D eigenvalue weighted by atomic mass is 32.2. The largest absolute Gasteiger partial charge is 0.335 e. The first kappa shape index (κ1) is 14.8. The van der Waals surface area contributed by atoms with Crippen LogP contribution in [0, 0.1) is 0 Å². The molecule has 18 heavy (non-hydrogen) atoms. The van der Waals surface area contributed by atoms with Crippen molar-refractivity contribution in [1.29, 1.82) is 0 Å². The second-order valence-corrected chi connectivity index (χ2v) is 4.81. The lowest BCUT2D eigenvalue weighted by Crippen LogP contribution is -2.35. The average Bonchev–Trinajstić information content (AvgIpc) is 2.30. The van der Waals surface area contributed by atoms with Crippen molar-refractivity contribution < 1.29 is 13.6 Å². The molecule has 1 aromatic rings.